The van der Waals surface area contributed by atoms with Crippen LogP contribution in [0.15, 0.2) is 48.5 Å². The summed E-state index contributed by atoms with van der Waals surface area (Å²) >= 11 is 0. The normalized spacial score (nSPS) is 14.6. The van der Waals surface area contributed by atoms with E-state index < -0.39 is 11.9 Å². The molecule has 0 radical (unpaired) electrons. The third-order valence-corrected chi connectivity index (χ3v) is 4.56. The summed E-state index contributed by atoms with van der Waals surface area (Å²) < 4.78 is 0. The van der Waals surface area contributed by atoms with E-state index in [9.17, 15) is 19.5 Å². The molecular weight excluding hydrogens is 346 g/mol. The standard InChI is InChI=1S/C20H21N3O4/c1-22-9-11-23(12-10-22)19(25)14-5-4-6-15(13-14)21-18(24)16-7-2-3-8-17(16)20(26)27/h2-8,13H,9-12H2,1H3,(H,21,24)(H,26,27). The highest BCUT2D eigenvalue weighted by atomic mass is 16.4. The molecule has 1 heterocycles. The van der Waals surface area contributed by atoms with Gasteiger partial charge < -0.3 is 20.2 Å². The number of benzene rings is 2. The highest BCUT2D eigenvalue weighted by Gasteiger charge is 2.21. The van der Waals surface area contributed by atoms with Crippen LogP contribution in [0.4, 0.5) is 5.69 Å². The first-order valence-electron chi connectivity index (χ1n) is 8.67. The van der Waals surface area contributed by atoms with Gasteiger partial charge in [0.1, 0.15) is 0 Å². The first kappa shape index (κ1) is 18.6. The molecule has 0 saturated carbocycles. The Hall–Kier alpha value is -3.19. The molecule has 1 fully saturated rings. The number of carboxylic acids is 1. The number of hydrogen-bond acceptors (Lipinski definition) is 4. The summed E-state index contributed by atoms with van der Waals surface area (Å²) in [5, 5.41) is 11.9. The van der Waals surface area contributed by atoms with Gasteiger partial charge in [0.05, 0.1) is 11.1 Å². The number of carbonyl (C=O) groups excluding carboxylic acids is 2. The fraction of sp³-hybridized carbons (Fsp3) is 0.250. The Labute approximate surface area is 157 Å². The predicted molar refractivity (Wildman–Crippen MR) is 101 cm³/mol. The molecule has 0 bridgehead atoms. The van der Waals surface area contributed by atoms with Gasteiger partial charge in [-0.25, -0.2) is 4.79 Å². The van der Waals surface area contributed by atoms with Gasteiger partial charge in [0.15, 0.2) is 0 Å². The largest absolute Gasteiger partial charge is 0.478 e. The van der Waals surface area contributed by atoms with E-state index in [2.05, 4.69) is 10.2 Å². The van der Waals surface area contributed by atoms with Crippen molar-refractivity contribution in [2.45, 2.75) is 0 Å². The molecule has 2 aromatic carbocycles. The van der Waals surface area contributed by atoms with E-state index in [-0.39, 0.29) is 17.0 Å². The lowest BCUT2D eigenvalue weighted by molar-refractivity contribution is 0.0662. The number of carboxylic acid groups (broad SMARTS) is 1. The number of aromatic carboxylic acids is 1. The molecule has 7 heteroatoms. The summed E-state index contributed by atoms with van der Waals surface area (Å²) in [6.45, 7) is 2.98. The van der Waals surface area contributed by atoms with Crippen molar-refractivity contribution in [3.05, 3.63) is 65.2 Å². The van der Waals surface area contributed by atoms with Crippen molar-refractivity contribution in [1.82, 2.24) is 9.80 Å². The van der Waals surface area contributed by atoms with Gasteiger partial charge in [-0.3, -0.25) is 9.59 Å². The fourth-order valence-corrected chi connectivity index (χ4v) is 2.99. The maximum atomic E-state index is 12.7. The minimum Gasteiger partial charge on any atom is -0.478 e. The maximum absolute atomic E-state index is 12.7. The average molecular weight is 367 g/mol. The Bertz CT molecular complexity index is 873. The van der Waals surface area contributed by atoms with Gasteiger partial charge in [-0.2, -0.15) is 0 Å². The van der Waals surface area contributed by atoms with Crippen LogP contribution in [-0.2, 0) is 0 Å². The molecule has 0 spiro atoms. The minimum atomic E-state index is -1.17. The monoisotopic (exact) mass is 367 g/mol. The molecule has 0 aromatic heterocycles. The van der Waals surface area contributed by atoms with E-state index in [1.807, 2.05) is 7.05 Å². The van der Waals surface area contributed by atoms with Crippen molar-refractivity contribution >= 4 is 23.5 Å². The Kier molecular flexibility index (Phi) is 5.52. The van der Waals surface area contributed by atoms with Gasteiger partial charge in [0.25, 0.3) is 11.8 Å². The molecule has 27 heavy (non-hydrogen) atoms. The quantitative estimate of drug-likeness (QED) is 0.863. The van der Waals surface area contributed by atoms with Crippen LogP contribution in [0.2, 0.25) is 0 Å². The molecule has 0 aliphatic carbocycles. The lowest BCUT2D eigenvalue weighted by Crippen LogP contribution is -2.47. The van der Waals surface area contributed by atoms with Gasteiger partial charge in [0, 0.05) is 37.4 Å². The van der Waals surface area contributed by atoms with E-state index in [4.69, 9.17) is 0 Å². The molecule has 2 aromatic rings. The predicted octanol–water partition coefficient (Wildman–Crippen LogP) is 2.02. The molecule has 1 aliphatic heterocycles. The number of nitrogens with one attached hydrogen (secondary N) is 1. The van der Waals surface area contributed by atoms with Crippen molar-refractivity contribution in [3.63, 3.8) is 0 Å². The molecule has 3 rings (SSSR count). The number of piperazine rings is 1. The van der Waals surface area contributed by atoms with Crippen LogP contribution in [0.3, 0.4) is 0 Å². The summed E-state index contributed by atoms with van der Waals surface area (Å²) in [6, 6.07) is 12.7. The lowest BCUT2D eigenvalue weighted by atomic mass is 10.1. The molecule has 2 amide bonds. The second kappa shape index (κ2) is 8.01. The van der Waals surface area contributed by atoms with Gasteiger partial charge in [0.2, 0.25) is 0 Å². The van der Waals surface area contributed by atoms with Gasteiger partial charge in [-0.15, -0.1) is 0 Å². The van der Waals surface area contributed by atoms with Gasteiger partial charge >= 0.3 is 5.97 Å². The Balaban J connectivity index is 1.75. The van der Waals surface area contributed by atoms with Crippen LogP contribution in [0.1, 0.15) is 31.1 Å². The van der Waals surface area contributed by atoms with Crippen molar-refractivity contribution in [3.8, 4) is 0 Å². The number of likely N-dealkylation sites (N-methyl/N-ethyl adjacent to an activating group) is 1. The molecule has 1 saturated heterocycles. The smallest absolute Gasteiger partial charge is 0.336 e. The fourth-order valence-electron chi connectivity index (χ4n) is 2.99. The maximum Gasteiger partial charge on any atom is 0.336 e. The molecule has 140 valence electrons. The summed E-state index contributed by atoms with van der Waals surface area (Å²) in [6.07, 6.45) is 0. The third kappa shape index (κ3) is 4.32. The minimum absolute atomic E-state index is 0.0698. The highest BCUT2D eigenvalue weighted by Crippen LogP contribution is 2.16. The first-order valence-corrected chi connectivity index (χ1v) is 8.67. The van der Waals surface area contributed by atoms with E-state index in [0.717, 1.165) is 13.1 Å². The molecular formula is C20H21N3O4. The SMILES string of the molecule is CN1CCN(C(=O)c2cccc(NC(=O)c3ccccc3C(=O)O)c2)CC1. The van der Waals surface area contributed by atoms with Crippen molar-refractivity contribution in [2.24, 2.45) is 0 Å². The van der Waals surface area contributed by atoms with E-state index in [1.165, 1.54) is 12.1 Å². The summed E-state index contributed by atoms with van der Waals surface area (Å²) in [5.74, 6) is -1.78. The zero-order valence-electron chi connectivity index (χ0n) is 15.0. The number of amides is 2. The van der Waals surface area contributed by atoms with Crippen LogP contribution >= 0.6 is 0 Å². The lowest BCUT2D eigenvalue weighted by Gasteiger charge is -2.32. The molecule has 0 unspecified atom stereocenters. The molecule has 2 N–H and O–H groups in total. The topological polar surface area (TPSA) is 90.0 Å². The van der Waals surface area contributed by atoms with Gasteiger partial charge in [-0.05, 0) is 37.4 Å². The van der Waals surface area contributed by atoms with Crippen molar-refractivity contribution < 1.29 is 19.5 Å². The number of anilines is 1. The Morgan fingerprint density at radius 3 is 2.26 bits per heavy atom. The third-order valence-electron chi connectivity index (χ3n) is 4.56. The number of hydrogen-bond donors (Lipinski definition) is 2. The summed E-state index contributed by atoms with van der Waals surface area (Å²) in [4.78, 5) is 40.4. The zero-order valence-corrected chi connectivity index (χ0v) is 15.0. The summed E-state index contributed by atoms with van der Waals surface area (Å²) in [5.41, 5.74) is 0.935. The Morgan fingerprint density at radius 1 is 0.926 bits per heavy atom. The molecule has 0 atom stereocenters. The summed E-state index contributed by atoms with van der Waals surface area (Å²) in [7, 11) is 2.02. The number of carbonyl (C=O) groups is 3. The van der Waals surface area contributed by atoms with E-state index in [1.54, 1.807) is 41.3 Å². The number of nitrogens with zero attached hydrogens (tertiary/aromatic N) is 2. The van der Waals surface area contributed by atoms with E-state index in [0.29, 0.717) is 24.3 Å². The van der Waals surface area contributed by atoms with Crippen LogP contribution in [-0.4, -0.2) is 65.9 Å². The molecule has 1 aliphatic rings. The highest BCUT2D eigenvalue weighted by molar-refractivity contribution is 6.11. The van der Waals surface area contributed by atoms with Crippen LogP contribution < -0.4 is 5.32 Å². The molecule has 7 nitrogen and oxygen atoms in total. The number of rotatable bonds is 4. The van der Waals surface area contributed by atoms with Crippen molar-refractivity contribution in [1.29, 1.82) is 0 Å². The second-order valence-corrected chi connectivity index (χ2v) is 6.48. The Morgan fingerprint density at radius 2 is 1.59 bits per heavy atom. The second-order valence-electron chi connectivity index (χ2n) is 6.48. The van der Waals surface area contributed by atoms with E-state index >= 15 is 0 Å². The van der Waals surface area contributed by atoms with Gasteiger partial charge in [-0.1, -0.05) is 18.2 Å². The zero-order chi connectivity index (χ0) is 19.4. The average Bonchev–Trinajstić information content (AvgIpc) is 2.68. The van der Waals surface area contributed by atoms with Crippen molar-refractivity contribution in [2.75, 3.05) is 38.5 Å². The first-order chi connectivity index (χ1) is 13.0. The van der Waals surface area contributed by atoms with Crippen LogP contribution in [0, 0.1) is 0 Å². The van der Waals surface area contributed by atoms with Crippen LogP contribution in [0.5, 0.6) is 0 Å². The van der Waals surface area contributed by atoms with Crippen LogP contribution in [0.25, 0.3) is 0 Å².